The second-order valence-electron chi connectivity index (χ2n) is 4.75. The Morgan fingerprint density at radius 3 is 2.61 bits per heavy atom. The lowest BCUT2D eigenvalue weighted by Gasteiger charge is -2.20. The van der Waals surface area contributed by atoms with Crippen LogP contribution in [0.1, 0.15) is 12.8 Å². The van der Waals surface area contributed by atoms with Crippen LogP contribution in [-0.4, -0.2) is 29.1 Å². The van der Waals surface area contributed by atoms with Crippen LogP contribution in [0.5, 0.6) is 0 Å². The maximum atomic E-state index is 11.7. The third kappa shape index (κ3) is 2.76. The predicted molar refractivity (Wildman–Crippen MR) is 73.1 cm³/mol. The minimum atomic E-state index is -3.48. The van der Waals surface area contributed by atoms with Crippen molar-refractivity contribution in [3.63, 3.8) is 0 Å². The van der Waals surface area contributed by atoms with E-state index in [0.29, 0.717) is 0 Å². The molecular formula is C12H19N3O2S. The molecule has 1 saturated carbocycles. The van der Waals surface area contributed by atoms with Crippen molar-refractivity contribution in [1.82, 2.24) is 4.72 Å². The summed E-state index contributed by atoms with van der Waals surface area (Å²) in [5.41, 5.74) is 7.06. The first-order chi connectivity index (χ1) is 8.44. The second-order valence-corrected chi connectivity index (χ2v) is 6.61. The van der Waals surface area contributed by atoms with Gasteiger partial charge >= 0.3 is 0 Å². The Hall–Kier alpha value is -1.27. The zero-order valence-corrected chi connectivity index (χ0v) is 11.5. The molecule has 1 aliphatic carbocycles. The van der Waals surface area contributed by atoms with E-state index in [-0.39, 0.29) is 10.6 Å². The van der Waals surface area contributed by atoms with E-state index < -0.39 is 10.0 Å². The van der Waals surface area contributed by atoms with E-state index in [1.54, 1.807) is 18.2 Å². The van der Waals surface area contributed by atoms with Crippen LogP contribution in [0.2, 0.25) is 0 Å². The summed E-state index contributed by atoms with van der Waals surface area (Å²) in [7, 11) is -0.0993. The quantitative estimate of drug-likeness (QED) is 0.783. The third-order valence-electron chi connectivity index (χ3n) is 3.22. The monoisotopic (exact) mass is 269 g/mol. The first-order valence-corrected chi connectivity index (χ1v) is 7.46. The number of nitrogens with zero attached hydrogens (tertiary/aromatic N) is 1. The molecule has 2 rings (SSSR count). The fourth-order valence-electron chi connectivity index (χ4n) is 1.92. The van der Waals surface area contributed by atoms with Crippen molar-refractivity contribution in [3.8, 4) is 0 Å². The van der Waals surface area contributed by atoms with Crippen LogP contribution < -0.4 is 15.4 Å². The molecule has 1 aromatic rings. The van der Waals surface area contributed by atoms with Crippen LogP contribution >= 0.6 is 0 Å². The molecule has 0 amide bonds. The minimum absolute atomic E-state index is 0.133. The lowest BCUT2D eigenvalue weighted by atomic mass is 10.2. The molecule has 0 spiro atoms. The summed E-state index contributed by atoms with van der Waals surface area (Å²) in [6.45, 7) is 0.998. The molecule has 0 saturated heterocycles. The normalized spacial score (nSPS) is 15.7. The molecule has 1 aliphatic rings. The Labute approximate surface area is 108 Å². The topological polar surface area (TPSA) is 75.4 Å². The minimum Gasteiger partial charge on any atom is -0.398 e. The van der Waals surface area contributed by atoms with Crippen LogP contribution in [0.3, 0.4) is 0 Å². The van der Waals surface area contributed by atoms with Crippen molar-refractivity contribution in [2.75, 3.05) is 31.3 Å². The van der Waals surface area contributed by atoms with Crippen LogP contribution in [0.15, 0.2) is 23.1 Å². The predicted octanol–water partition coefficient (Wildman–Crippen LogP) is 1.02. The van der Waals surface area contributed by atoms with Gasteiger partial charge in [0.05, 0.1) is 5.69 Å². The van der Waals surface area contributed by atoms with Crippen molar-refractivity contribution in [1.29, 1.82) is 0 Å². The molecule has 0 heterocycles. The molecule has 0 aliphatic heterocycles. The largest absolute Gasteiger partial charge is 0.398 e. The smallest absolute Gasteiger partial charge is 0.242 e. The molecule has 0 unspecified atom stereocenters. The van der Waals surface area contributed by atoms with E-state index in [0.717, 1.165) is 18.2 Å². The fraction of sp³-hybridized carbons (Fsp3) is 0.500. The van der Waals surface area contributed by atoms with E-state index in [1.165, 1.54) is 19.9 Å². The van der Waals surface area contributed by atoms with Gasteiger partial charge in [-0.2, -0.15) is 0 Å². The van der Waals surface area contributed by atoms with Gasteiger partial charge in [-0.15, -0.1) is 0 Å². The summed E-state index contributed by atoms with van der Waals surface area (Å²) in [5, 5.41) is 0. The van der Waals surface area contributed by atoms with Gasteiger partial charge in [0.25, 0.3) is 0 Å². The molecule has 6 heteroatoms. The van der Waals surface area contributed by atoms with E-state index >= 15 is 0 Å². The van der Waals surface area contributed by atoms with Gasteiger partial charge in [0.2, 0.25) is 10.0 Å². The highest BCUT2D eigenvalue weighted by Crippen LogP contribution is 2.32. The number of sulfonamides is 1. The fourth-order valence-corrected chi connectivity index (χ4v) is 2.76. The van der Waals surface area contributed by atoms with E-state index in [1.807, 2.05) is 7.05 Å². The second kappa shape index (κ2) is 4.78. The highest BCUT2D eigenvalue weighted by atomic mass is 32.2. The summed E-state index contributed by atoms with van der Waals surface area (Å²) < 4.78 is 25.6. The number of benzene rings is 1. The molecule has 1 fully saturated rings. The number of nitrogens with two attached hydrogens (primary N) is 1. The van der Waals surface area contributed by atoms with Gasteiger partial charge < -0.3 is 10.6 Å². The van der Waals surface area contributed by atoms with Gasteiger partial charge in [0, 0.05) is 19.3 Å². The first-order valence-electron chi connectivity index (χ1n) is 5.98. The van der Waals surface area contributed by atoms with Gasteiger partial charge in [0.15, 0.2) is 0 Å². The number of hydrogen-bond donors (Lipinski definition) is 2. The molecule has 3 N–H and O–H groups in total. The molecule has 1 aromatic carbocycles. The van der Waals surface area contributed by atoms with Crippen LogP contribution in [0.4, 0.5) is 11.4 Å². The van der Waals surface area contributed by atoms with Gasteiger partial charge in [-0.3, -0.25) is 0 Å². The molecule has 5 nitrogen and oxygen atoms in total. The van der Waals surface area contributed by atoms with Gasteiger partial charge in [0.1, 0.15) is 4.90 Å². The first kappa shape index (κ1) is 13.2. The summed E-state index contributed by atoms with van der Waals surface area (Å²) >= 11 is 0. The number of anilines is 2. The van der Waals surface area contributed by atoms with Gasteiger partial charge in [-0.25, -0.2) is 13.1 Å². The lowest BCUT2D eigenvalue weighted by molar-refractivity contribution is 0.588. The molecular weight excluding hydrogens is 250 g/mol. The van der Waals surface area contributed by atoms with Crippen LogP contribution in [0.25, 0.3) is 0 Å². The summed E-state index contributed by atoms with van der Waals surface area (Å²) in [6.07, 6.45) is 2.57. The molecule has 0 atom stereocenters. The average Bonchev–Trinajstić information content (AvgIpc) is 3.12. The number of nitrogen functional groups attached to an aromatic ring is 1. The Balaban J connectivity index is 2.23. The zero-order valence-electron chi connectivity index (χ0n) is 10.7. The van der Waals surface area contributed by atoms with Gasteiger partial charge in [-0.05, 0) is 44.0 Å². The zero-order chi connectivity index (χ0) is 13.3. The molecule has 0 bridgehead atoms. The SMILES string of the molecule is CNS(=O)(=O)c1ccc(N(C)CC2CC2)cc1N. The van der Waals surface area contributed by atoms with Crippen molar-refractivity contribution >= 4 is 21.4 Å². The number of rotatable bonds is 5. The third-order valence-corrected chi connectivity index (χ3v) is 4.71. The van der Waals surface area contributed by atoms with Crippen molar-refractivity contribution in [2.45, 2.75) is 17.7 Å². The van der Waals surface area contributed by atoms with Crippen molar-refractivity contribution < 1.29 is 8.42 Å². The van der Waals surface area contributed by atoms with Crippen LogP contribution in [-0.2, 0) is 10.0 Å². The van der Waals surface area contributed by atoms with Gasteiger partial charge in [-0.1, -0.05) is 0 Å². The van der Waals surface area contributed by atoms with Crippen molar-refractivity contribution in [2.24, 2.45) is 5.92 Å². The standard InChI is InChI=1S/C12H19N3O2S/c1-14-18(16,17)12-6-5-10(7-11(12)13)15(2)8-9-3-4-9/h5-7,9,14H,3-4,8,13H2,1-2H3. The summed E-state index contributed by atoms with van der Waals surface area (Å²) in [5.74, 6) is 0.775. The molecule has 0 aromatic heterocycles. The van der Waals surface area contributed by atoms with Crippen LogP contribution in [0, 0.1) is 5.92 Å². The Bertz CT molecular complexity index is 538. The maximum Gasteiger partial charge on any atom is 0.242 e. The van der Waals surface area contributed by atoms with Crippen molar-refractivity contribution in [3.05, 3.63) is 18.2 Å². The molecule has 100 valence electrons. The Morgan fingerprint density at radius 2 is 2.11 bits per heavy atom. The summed E-state index contributed by atoms with van der Waals surface area (Å²) in [6, 6.07) is 5.06. The van der Waals surface area contributed by atoms with E-state index in [9.17, 15) is 8.42 Å². The molecule has 0 radical (unpaired) electrons. The highest BCUT2D eigenvalue weighted by molar-refractivity contribution is 7.89. The lowest BCUT2D eigenvalue weighted by Crippen LogP contribution is -2.22. The summed E-state index contributed by atoms with van der Waals surface area (Å²) in [4.78, 5) is 2.25. The van der Waals surface area contributed by atoms with E-state index in [4.69, 9.17) is 5.73 Å². The number of hydrogen-bond acceptors (Lipinski definition) is 4. The highest BCUT2D eigenvalue weighted by Gasteiger charge is 2.23. The molecule has 18 heavy (non-hydrogen) atoms. The Kier molecular flexibility index (Phi) is 3.49. The average molecular weight is 269 g/mol. The Morgan fingerprint density at radius 1 is 1.44 bits per heavy atom. The number of nitrogens with one attached hydrogen (secondary N) is 1. The van der Waals surface area contributed by atoms with E-state index in [2.05, 4.69) is 9.62 Å². The maximum absolute atomic E-state index is 11.7.